The summed E-state index contributed by atoms with van der Waals surface area (Å²) < 4.78 is 24.2. The minimum Gasteiger partial charge on any atom is -0.355 e. The first-order chi connectivity index (χ1) is 6.93. The third-order valence-electron chi connectivity index (χ3n) is 2.39. The van der Waals surface area contributed by atoms with Gasteiger partial charge in [-0.2, -0.15) is 0 Å². The van der Waals surface area contributed by atoms with E-state index in [1.54, 1.807) is 0 Å². The molecule has 0 atom stereocenters. The number of nitrogens with zero attached hydrogens (tertiary/aromatic N) is 1. The molecule has 0 bridgehead atoms. The molecule has 0 aromatic rings. The van der Waals surface area contributed by atoms with Gasteiger partial charge in [-0.3, -0.25) is 4.79 Å². The Balaban J connectivity index is 2.30. The summed E-state index contributed by atoms with van der Waals surface area (Å²) >= 11 is 0. The second-order valence-electron chi connectivity index (χ2n) is 4.01. The number of sulfonamides is 1. The number of carbonyl (C=O) groups excluding carboxylic acids is 1. The van der Waals surface area contributed by atoms with Crippen LogP contribution in [0, 0.1) is 5.92 Å². The molecule has 1 amide bonds. The van der Waals surface area contributed by atoms with Crippen molar-refractivity contribution in [3.8, 4) is 0 Å². The van der Waals surface area contributed by atoms with E-state index in [1.165, 1.54) is 4.31 Å². The normalized spacial score (nSPS) is 20.7. The third kappa shape index (κ3) is 3.46. The molecule has 0 unspecified atom stereocenters. The molecular weight excluding hydrogens is 216 g/mol. The molecule has 1 aliphatic rings. The molecule has 0 aromatic heterocycles. The van der Waals surface area contributed by atoms with Crippen LogP contribution in [0.4, 0.5) is 0 Å². The van der Waals surface area contributed by atoms with Gasteiger partial charge in [0.05, 0.1) is 5.75 Å². The van der Waals surface area contributed by atoms with Gasteiger partial charge in [0.2, 0.25) is 15.9 Å². The molecule has 0 aliphatic carbocycles. The number of carbonyl (C=O) groups is 1. The Labute approximate surface area is 90.9 Å². The quantitative estimate of drug-likeness (QED) is 0.732. The first kappa shape index (κ1) is 12.4. The average molecular weight is 234 g/mol. The molecule has 88 valence electrons. The van der Waals surface area contributed by atoms with Gasteiger partial charge in [-0.15, -0.1) is 0 Å². The van der Waals surface area contributed by atoms with E-state index in [-0.39, 0.29) is 17.6 Å². The summed E-state index contributed by atoms with van der Waals surface area (Å²) in [4.78, 5) is 11.2. The minimum absolute atomic E-state index is 0.0356. The monoisotopic (exact) mass is 234 g/mol. The predicted octanol–water partition coefficient (Wildman–Crippen LogP) is -0.206. The molecule has 1 heterocycles. The molecule has 0 spiro atoms. The maximum atomic E-state index is 11.4. The van der Waals surface area contributed by atoms with E-state index in [1.807, 2.05) is 13.8 Å². The number of hydrogen-bond acceptors (Lipinski definition) is 3. The topological polar surface area (TPSA) is 66.5 Å². The fourth-order valence-electron chi connectivity index (χ4n) is 1.45. The predicted molar refractivity (Wildman–Crippen MR) is 57.8 cm³/mol. The van der Waals surface area contributed by atoms with E-state index in [4.69, 9.17) is 0 Å². The fraction of sp³-hybridized carbons (Fsp3) is 0.889. The smallest absolute Gasteiger partial charge is 0.222 e. The van der Waals surface area contributed by atoms with Crippen molar-refractivity contribution in [3.63, 3.8) is 0 Å². The van der Waals surface area contributed by atoms with Crippen LogP contribution in [0.3, 0.4) is 0 Å². The first-order valence-corrected chi connectivity index (χ1v) is 6.80. The van der Waals surface area contributed by atoms with Crippen molar-refractivity contribution in [1.29, 1.82) is 0 Å². The zero-order valence-electron chi connectivity index (χ0n) is 9.19. The van der Waals surface area contributed by atoms with E-state index in [2.05, 4.69) is 5.32 Å². The molecule has 0 saturated carbocycles. The van der Waals surface area contributed by atoms with Crippen LogP contribution in [-0.4, -0.2) is 44.0 Å². The van der Waals surface area contributed by atoms with Crippen molar-refractivity contribution in [1.82, 2.24) is 9.62 Å². The van der Waals surface area contributed by atoms with Gasteiger partial charge in [0.25, 0.3) is 0 Å². The lowest BCUT2D eigenvalue weighted by Gasteiger charge is -2.15. The van der Waals surface area contributed by atoms with Gasteiger partial charge in [0.1, 0.15) is 0 Å². The number of hydrogen-bond donors (Lipinski definition) is 1. The summed E-state index contributed by atoms with van der Waals surface area (Å²) in [5.74, 6) is 0.150. The van der Waals surface area contributed by atoms with Crippen LogP contribution >= 0.6 is 0 Å². The molecule has 1 saturated heterocycles. The standard InChI is InChI=1S/C9H18N2O3S/c1-8(2)9(12)10-4-6-11-5-3-7-15(11,13)14/h8H,3-7H2,1-2H3,(H,10,12). The maximum absolute atomic E-state index is 11.4. The summed E-state index contributed by atoms with van der Waals surface area (Å²) in [6.07, 6.45) is 0.695. The Morgan fingerprint density at radius 3 is 2.60 bits per heavy atom. The lowest BCUT2D eigenvalue weighted by atomic mass is 10.2. The summed E-state index contributed by atoms with van der Waals surface area (Å²) in [7, 11) is -3.02. The van der Waals surface area contributed by atoms with E-state index in [9.17, 15) is 13.2 Å². The van der Waals surface area contributed by atoms with Crippen LogP contribution in [0.5, 0.6) is 0 Å². The second-order valence-corrected chi connectivity index (χ2v) is 6.10. The van der Waals surface area contributed by atoms with Gasteiger partial charge < -0.3 is 5.32 Å². The van der Waals surface area contributed by atoms with E-state index in [0.717, 1.165) is 0 Å². The minimum atomic E-state index is -3.02. The van der Waals surface area contributed by atoms with Crippen LogP contribution in [-0.2, 0) is 14.8 Å². The van der Waals surface area contributed by atoms with Gasteiger partial charge in [-0.05, 0) is 6.42 Å². The maximum Gasteiger partial charge on any atom is 0.222 e. The first-order valence-electron chi connectivity index (χ1n) is 5.19. The van der Waals surface area contributed by atoms with Gasteiger partial charge in [-0.25, -0.2) is 12.7 Å². The third-order valence-corrected chi connectivity index (χ3v) is 4.34. The SMILES string of the molecule is CC(C)C(=O)NCCN1CCCS1(=O)=O. The van der Waals surface area contributed by atoms with Crippen molar-refractivity contribution in [2.75, 3.05) is 25.4 Å². The molecule has 1 aliphatic heterocycles. The van der Waals surface area contributed by atoms with Gasteiger partial charge >= 0.3 is 0 Å². The van der Waals surface area contributed by atoms with Crippen LogP contribution in [0.1, 0.15) is 20.3 Å². The summed E-state index contributed by atoms with van der Waals surface area (Å²) in [5.41, 5.74) is 0. The zero-order valence-corrected chi connectivity index (χ0v) is 10.0. The second kappa shape index (κ2) is 4.94. The Morgan fingerprint density at radius 2 is 2.13 bits per heavy atom. The fourth-order valence-corrected chi connectivity index (χ4v) is 2.98. The highest BCUT2D eigenvalue weighted by molar-refractivity contribution is 7.89. The Morgan fingerprint density at radius 1 is 1.47 bits per heavy atom. The summed E-state index contributed by atoms with van der Waals surface area (Å²) in [5, 5.41) is 2.70. The van der Waals surface area contributed by atoms with Gasteiger partial charge in [-0.1, -0.05) is 13.8 Å². The highest BCUT2D eigenvalue weighted by atomic mass is 32.2. The molecule has 0 aromatic carbocycles. The van der Waals surface area contributed by atoms with Gasteiger partial charge in [0.15, 0.2) is 0 Å². The highest BCUT2D eigenvalue weighted by Crippen LogP contribution is 2.11. The highest BCUT2D eigenvalue weighted by Gasteiger charge is 2.27. The lowest BCUT2D eigenvalue weighted by molar-refractivity contribution is -0.123. The zero-order chi connectivity index (χ0) is 11.5. The van der Waals surface area contributed by atoms with E-state index >= 15 is 0 Å². The Hall–Kier alpha value is -0.620. The van der Waals surface area contributed by atoms with E-state index in [0.29, 0.717) is 26.1 Å². The number of amides is 1. The van der Waals surface area contributed by atoms with E-state index < -0.39 is 10.0 Å². The molecule has 1 rings (SSSR count). The van der Waals surface area contributed by atoms with Crippen molar-refractivity contribution in [3.05, 3.63) is 0 Å². The Kier molecular flexibility index (Phi) is 4.10. The number of nitrogens with one attached hydrogen (secondary N) is 1. The van der Waals surface area contributed by atoms with Crippen LogP contribution in [0.25, 0.3) is 0 Å². The number of rotatable bonds is 4. The lowest BCUT2D eigenvalue weighted by Crippen LogP contribution is -2.37. The van der Waals surface area contributed by atoms with Gasteiger partial charge in [0, 0.05) is 25.6 Å². The summed E-state index contributed by atoms with van der Waals surface area (Å²) in [6, 6.07) is 0. The molecule has 0 radical (unpaired) electrons. The van der Waals surface area contributed by atoms with Crippen LogP contribution in [0.2, 0.25) is 0 Å². The van der Waals surface area contributed by atoms with Crippen molar-refractivity contribution in [2.24, 2.45) is 5.92 Å². The molecule has 1 N–H and O–H groups in total. The summed E-state index contributed by atoms with van der Waals surface area (Å²) in [6.45, 7) is 4.99. The molecule has 5 nitrogen and oxygen atoms in total. The Bertz CT molecular complexity index is 324. The van der Waals surface area contributed by atoms with Crippen molar-refractivity contribution >= 4 is 15.9 Å². The molecular formula is C9H18N2O3S. The molecule has 6 heteroatoms. The van der Waals surface area contributed by atoms with Crippen molar-refractivity contribution in [2.45, 2.75) is 20.3 Å². The van der Waals surface area contributed by atoms with Crippen molar-refractivity contribution < 1.29 is 13.2 Å². The largest absolute Gasteiger partial charge is 0.355 e. The van der Waals surface area contributed by atoms with Crippen LogP contribution in [0.15, 0.2) is 0 Å². The molecule has 15 heavy (non-hydrogen) atoms. The average Bonchev–Trinajstić information content (AvgIpc) is 2.45. The molecule has 1 fully saturated rings. The van der Waals surface area contributed by atoms with Crippen LogP contribution < -0.4 is 5.32 Å².